The van der Waals surface area contributed by atoms with E-state index in [9.17, 15) is 9.59 Å². The highest BCUT2D eigenvalue weighted by Crippen LogP contribution is 2.47. The van der Waals surface area contributed by atoms with Gasteiger partial charge in [-0.2, -0.15) is 0 Å². The van der Waals surface area contributed by atoms with Crippen molar-refractivity contribution < 1.29 is 9.59 Å². The van der Waals surface area contributed by atoms with Gasteiger partial charge in [-0.15, -0.1) is 0 Å². The van der Waals surface area contributed by atoms with Crippen molar-refractivity contribution in [3.05, 3.63) is 83.2 Å². The number of anilines is 2. The Balaban J connectivity index is 1.67. The van der Waals surface area contributed by atoms with Crippen molar-refractivity contribution in [1.29, 1.82) is 0 Å². The van der Waals surface area contributed by atoms with Gasteiger partial charge in [-0.05, 0) is 23.3 Å². The Kier molecular flexibility index (Phi) is 4.50. The highest BCUT2D eigenvalue weighted by Gasteiger charge is 2.40. The summed E-state index contributed by atoms with van der Waals surface area (Å²) in [7, 11) is 3.89. The minimum Gasteiger partial charge on any atom is -0.347 e. The zero-order chi connectivity index (χ0) is 21.8. The molecular formula is C26H28N2O2. The molecule has 0 unspecified atom stereocenters. The summed E-state index contributed by atoms with van der Waals surface area (Å²) >= 11 is 0. The predicted octanol–water partition coefficient (Wildman–Crippen LogP) is 4.75. The van der Waals surface area contributed by atoms with E-state index in [1.807, 2.05) is 60.3 Å². The first-order valence-corrected chi connectivity index (χ1v) is 10.3. The molecule has 154 valence electrons. The van der Waals surface area contributed by atoms with Gasteiger partial charge in [-0.3, -0.25) is 9.59 Å². The van der Waals surface area contributed by atoms with Gasteiger partial charge in [0, 0.05) is 59.8 Å². The molecule has 0 aromatic heterocycles. The quantitative estimate of drug-likeness (QED) is 0.551. The van der Waals surface area contributed by atoms with Crippen LogP contribution in [-0.4, -0.2) is 25.7 Å². The van der Waals surface area contributed by atoms with Crippen molar-refractivity contribution in [2.75, 3.05) is 23.9 Å². The molecule has 0 bridgehead atoms. The van der Waals surface area contributed by atoms with E-state index in [2.05, 4.69) is 39.8 Å². The van der Waals surface area contributed by atoms with Crippen molar-refractivity contribution in [1.82, 2.24) is 0 Å². The van der Waals surface area contributed by atoms with Gasteiger partial charge in [0.2, 0.25) is 11.6 Å². The average molecular weight is 401 g/mol. The second kappa shape index (κ2) is 6.69. The van der Waals surface area contributed by atoms with Gasteiger partial charge in [0.25, 0.3) is 0 Å². The SMILES string of the molecule is CN1/C(=C\C(=O)C(=O)/C=C2/N(C)c3ccccc3C2(C)C)C(C)(C)c2ccccc21. The Morgan fingerprint density at radius 1 is 0.667 bits per heavy atom. The van der Waals surface area contributed by atoms with Crippen LogP contribution in [0.15, 0.2) is 72.1 Å². The molecule has 30 heavy (non-hydrogen) atoms. The molecule has 0 fully saturated rings. The van der Waals surface area contributed by atoms with Gasteiger partial charge in [-0.1, -0.05) is 64.1 Å². The van der Waals surface area contributed by atoms with E-state index in [4.69, 9.17) is 0 Å². The van der Waals surface area contributed by atoms with E-state index in [0.29, 0.717) is 0 Å². The number of rotatable bonds is 3. The fraction of sp³-hybridized carbons (Fsp3) is 0.308. The third kappa shape index (κ3) is 2.82. The van der Waals surface area contributed by atoms with Gasteiger partial charge in [0.05, 0.1) is 0 Å². The lowest BCUT2D eigenvalue weighted by Gasteiger charge is -2.24. The molecule has 0 amide bonds. The Morgan fingerprint density at radius 2 is 1.00 bits per heavy atom. The lowest BCUT2D eigenvalue weighted by atomic mass is 9.82. The van der Waals surface area contributed by atoms with E-state index in [1.165, 1.54) is 12.2 Å². The molecule has 0 saturated heterocycles. The third-order valence-electron chi connectivity index (χ3n) is 6.66. The van der Waals surface area contributed by atoms with Gasteiger partial charge >= 0.3 is 0 Å². The summed E-state index contributed by atoms with van der Waals surface area (Å²) in [4.78, 5) is 29.9. The molecule has 2 aromatic rings. The molecule has 2 heterocycles. The number of ketones is 2. The average Bonchev–Trinajstić information content (AvgIpc) is 3.03. The number of carbonyl (C=O) groups excluding carboxylic acids is 2. The van der Waals surface area contributed by atoms with Crippen LogP contribution in [0, 0.1) is 0 Å². The number of para-hydroxylation sites is 2. The molecule has 0 atom stereocenters. The molecule has 2 aliphatic rings. The largest absolute Gasteiger partial charge is 0.347 e. The second-order valence-electron chi connectivity index (χ2n) is 9.19. The van der Waals surface area contributed by atoms with Crippen LogP contribution in [0.5, 0.6) is 0 Å². The number of hydrogen-bond acceptors (Lipinski definition) is 4. The zero-order valence-electron chi connectivity index (χ0n) is 18.5. The molecule has 0 saturated carbocycles. The summed E-state index contributed by atoms with van der Waals surface area (Å²) in [5, 5.41) is 0. The first-order valence-electron chi connectivity index (χ1n) is 10.3. The van der Waals surface area contributed by atoms with Crippen LogP contribution < -0.4 is 9.80 Å². The van der Waals surface area contributed by atoms with Crippen molar-refractivity contribution in [3.63, 3.8) is 0 Å². The lowest BCUT2D eigenvalue weighted by molar-refractivity contribution is -0.131. The van der Waals surface area contributed by atoms with E-state index >= 15 is 0 Å². The molecule has 2 aromatic carbocycles. The maximum Gasteiger partial charge on any atom is 0.227 e. The fourth-order valence-corrected chi connectivity index (χ4v) is 4.91. The van der Waals surface area contributed by atoms with Crippen LogP contribution in [0.4, 0.5) is 11.4 Å². The van der Waals surface area contributed by atoms with E-state index in [-0.39, 0.29) is 10.8 Å². The molecule has 0 radical (unpaired) electrons. The van der Waals surface area contributed by atoms with Crippen molar-refractivity contribution in [2.24, 2.45) is 0 Å². The Bertz CT molecular complexity index is 1030. The maximum atomic E-state index is 12.9. The van der Waals surface area contributed by atoms with Crippen molar-refractivity contribution >= 4 is 22.9 Å². The number of hydrogen-bond donors (Lipinski definition) is 0. The molecule has 0 aliphatic carbocycles. The van der Waals surface area contributed by atoms with E-state index in [0.717, 1.165) is 33.9 Å². The van der Waals surface area contributed by atoms with Gasteiger partial charge < -0.3 is 9.80 Å². The van der Waals surface area contributed by atoms with Crippen LogP contribution in [0.1, 0.15) is 38.8 Å². The smallest absolute Gasteiger partial charge is 0.227 e. The number of likely N-dealkylation sites (N-methyl/N-ethyl adjacent to an activating group) is 2. The number of carbonyl (C=O) groups is 2. The number of benzene rings is 2. The van der Waals surface area contributed by atoms with Gasteiger partial charge in [0.1, 0.15) is 0 Å². The summed E-state index contributed by atoms with van der Waals surface area (Å²) in [5.74, 6) is -0.990. The van der Waals surface area contributed by atoms with E-state index < -0.39 is 11.6 Å². The molecule has 0 spiro atoms. The molecule has 2 aliphatic heterocycles. The Morgan fingerprint density at radius 3 is 1.33 bits per heavy atom. The number of fused-ring (bicyclic) bond motifs is 2. The maximum absolute atomic E-state index is 12.9. The van der Waals surface area contributed by atoms with Crippen LogP contribution in [0.25, 0.3) is 0 Å². The van der Waals surface area contributed by atoms with Crippen LogP contribution in [-0.2, 0) is 20.4 Å². The summed E-state index contributed by atoms with van der Waals surface area (Å²) in [6.07, 6.45) is 3.02. The second-order valence-corrected chi connectivity index (χ2v) is 9.19. The molecule has 4 heteroatoms. The number of allylic oxidation sites excluding steroid dienone is 4. The predicted molar refractivity (Wildman–Crippen MR) is 122 cm³/mol. The minimum atomic E-state index is -0.495. The third-order valence-corrected chi connectivity index (χ3v) is 6.66. The van der Waals surface area contributed by atoms with Crippen LogP contribution in [0.3, 0.4) is 0 Å². The highest BCUT2D eigenvalue weighted by atomic mass is 16.2. The normalized spacial score (nSPS) is 21.1. The molecule has 4 nitrogen and oxygen atoms in total. The molecule has 4 rings (SSSR count). The van der Waals surface area contributed by atoms with Crippen molar-refractivity contribution in [3.8, 4) is 0 Å². The highest BCUT2D eigenvalue weighted by molar-refractivity contribution is 6.46. The fourth-order valence-electron chi connectivity index (χ4n) is 4.91. The van der Waals surface area contributed by atoms with Crippen molar-refractivity contribution in [2.45, 2.75) is 38.5 Å². The van der Waals surface area contributed by atoms with Gasteiger partial charge in [0.15, 0.2) is 0 Å². The minimum absolute atomic E-state index is 0.339. The zero-order valence-corrected chi connectivity index (χ0v) is 18.5. The topological polar surface area (TPSA) is 40.6 Å². The van der Waals surface area contributed by atoms with Crippen LogP contribution in [0.2, 0.25) is 0 Å². The monoisotopic (exact) mass is 400 g/mol. The summed E-state index contributed by atoms with van der Waals surface area (Å²) in [6.45, 7) is 8.34. The van der Waals surface area contributed by atoms with Gasteiger partial charge in [-0.25, -0.2) is 0 Å². The number of nitrogens with zero attached hydrogens (tertiary/aromatic N) is 2. The molecular weight excluding hydrogens is 372 g/mol. The Hall–Kier alpha value is -3.14. The van der Waals surface area contributed by atoms with Crippen LogP contribution >= 0.6 is 0 Å². The first kappa shape index (κ1) is 20.1. The summed E-state index contributed by atoms with van der Waals surface area (Å²) in [5.41, 5.74) is 5.45. The standard InChI is InChI=1S/C26H28N2O2/c1-25(2)17-11-7-9-13-19(17)27(5)23(25)15-21(29)22(30)16-24-26(3,4)18-12-8-10-14-20(18)28(24)6/h7-16H,1-6H3/b23-15-,24-16+. The summed E-state index contributed by atoms with van der Waals surface area (Å²) in [6, 6.07) is 16.2. The lowest BCUT2D eigenvalue weighted by Crippen LogP contribution is -2.27. The Labute approximate surface area is 178 Å². The first-order chi connectivity index (χ1) is 14.1. The summed E-state index contributed by atoms with van der Waals surface area (Å²) < 4.78 is 0. The molecule has 0 N–H and O–H groups in total. The van der Waals surface area contributed by atoms with E-state index in [1.54, 1.807) is 0 Å².